The summed E-state index contributed by atoms with van der Waals surface area (Å²) in [4.78, 5) is 0.0580. The van der Waals surface area contributed by atoms with Gasteiger partial charge in [0.2, 0.25) is 0 Å². The van der Waals surface area contributed by atoms with Gasteiger partial charge < -0.3 is 9.47 Å². The van der Waals surface area contributed by atoms with Gasteiger partial charge in [0.05, 0.1) is 19.1 Å². The second-order valence-corrected chi connectivity index (χ2v) is 6.16. The van der Waals surface area contributed by atoms with Gasteiger partial charge in [-0.15, -0.1) is 0 Å². The number of hydrogen-bond acceptors (Lipinski definition) is 4. The fourth-order valence-electron chi connectivity index (χ4n) is 1.79. The molecule has 0 bridgehead atoms. The minimum absolute atomic E-state index is 0.0580. The first-order valence-corrected chi connectivity index (χ1v) is 7.37. The van der Waals surface area contributed by atoms with Crippen LogP contribution in [-0.4, -0.2) is 22.6 Å². The van der Waals surface area contributed by atoms with E-state index in [0.717, 1.165) is 5.39 Å². The van der Waals surface area contributed by atoms with Gasteiger partial charge in [0, 0.05) is 16.1 Å². The Bertz CT molecular complexity index is 695. The lowest BCUT2D eigenvalue weighted by Gasteiger charge is -2.10. The summed E-state index contributed by atoms with van der Waals surface area (Å²) in [6, 6.07) is 8.17. The monoisotopic (exact) mass is 286 g/mol. The lowest BCUT2D eigenvalue weighted by molar-refractivity contribution is 0.356. The van der Waals surface area contributed by atoms with Crippen LogP contribution in [0.3, 0.4) is 0 Å². The predicted octanol–water partition coefficient (Wildman–Crippen LogP) is 2.78. The molecule has 0 aliphatic carbocycles. The maximum absolute atomic E-state index is 11.5. The zero-order valence-electron chi connectivity index (χ0n) is 9.81. The molecule has 2 rings (SSSR count). The molecule has 6 heteroatoms. The molecule has 0 heterocycles. The van der Waals surface area contributed by atoms with E-state index in [1.807, 2.05) is 0 Å². The molecule has 96 valence electrons. The van der Waals surface area contributed by atoms with Gasteiger partial charge in [-0.05, 0) is 23.6 Å². The number of rotatable bonds is 3. The first-order chi connectivity index (χ1) is 8.47. The molecule has 0 aliphatic heterocycles. The Labute approximate surface area is 110 Å². The van der Waals surface area contributed by atoms with Gasteiger partial charge in [-0.1, -0.05) is 12.1 Å². The predicted molar refractivity (Wildman–Crippen MR) is 70.1 cm³/mol. The summed E-state index contributed by atoms with van der Waals surface area (Å²) in [5, 5.41) is 1.22. The van der Waals surface area contributed by atoms with Crippen molar-refractivity contribution in [3.05, 3.63) is 30.3 Å². The summed E-state index contributed by atoms with van der Waals surface area (Å²) >= 11 is 0. The van der Waals surface area contributed by atoms with E-state index >= 15 is 0 Å². The van der Waals surface area contributed by atoms with Crippen LogP contribution in [0.1, 0.15) is 0 Å². The highest BCUT2D eigenvalue weighted by atomic mass is 35.7. The minimum Gasteiger partial charge on any atom is -0.493 e. The van der Waals surface area contributed by atoms with Crippen molar-refractivity contribution in [3.63, 3.8) is 0 Å². The minimum atomic E-state index is -3.80. The second-order valence-electron chi connectivity index (χ2n) is 3.62. The third-order valence-electron chi connectivity index (χ3n) is 2.61. The van der Waals surface area contributed by atoms with Crippen LogP contribution in [0.5, 0.6) is 11.5 Å². The summed E-state index contributed by atoms with van der Waals surface area (Å²) in [5.41, 5.74) is 0. The van der Waals surface area contributed by atoms with Gasteiger partial charge in [0.1, 0.15) is 0 Å². The number of hydrogen-bond donors (Lipinski definition) is 0. The summed E-state index contributed by atoms with van der Waals surface area (Å²) in [7, 11) is 4.62. The number of ether oxygens (including phenoxy) is 2. The molecule has 0 unspecified atom stereocenters. The van der Waals surface area contributed by atoms with Gasteiger partial charge in [0.15, 0.2) is 11.5 Å². The number of benzene rings is 2. The molecule has 0 amide bonds. The van der Waals surface area contributed by atoms with E-state index in [1.165, 1.54) is 20.3 Å². The highest BCUT2D eigenvalue weighted by Crippen LogP contribution is 2.35. The molecule has 0 spiro atoms. The SMILES string of the molecule is COc1cc2cccc(S(=O)(=O)Cl)c2cc1OC. The van der Waals surface area contributed by atoms with Crippen molar-refractivity contribution >= 4 is 30.5 Å². The average molecular weight is 287 g/mol. The van der Waals surface area contributed by atoms with E-state index < -0.39 is 9.05 Å². The molecule has 0 aliphatic rings. The van der Waals surface area contributed by atoms with Crippen molar-refractivity contribution in [3.8, 4) is 11.5 Å². The molecular weight excluding hydrogens is 276 g/mol. The first-order valence-electron chi connectivity index (χ1n) is 5.07. The van der Waals surface area contributed by atoms with Crippen LogP contribution in [0.2, 0.25) is 0 Å². The number of fused-ring (bicyclic) bond motifs is 1. The fraction of sp³-hybridized carbons (Fsp3) is 0.167. The van der Waals surface area contributed by atoms with Crippen molar-refractivity contribution in [1.82, 2.24) is 0 Å². The molecule has 0 atom stereocenters. The average Bonchev–Trinajstić information content (AvgIpc) is 2.35. The van der Waals surface area contributed by atoms with Crippen LogP contribution in [0.15, 0.2) is 35.2 Å². The van der Waals surface area contributed by atoms with Crippen molar-refractivity contribution < 1.29 is 17.9 Å². The maximum Gasteiger partial charge on any atom is 0.261 e. The smallest absolute Gasteiger partial charge is 0.261 e. The molecule has 0 fully saturated rings. The van der Waals surface area contributed by atoms with E-state index in [2.05, 4.69) is 0 Å². The zero-order chi connectivity index (χ0) is 13.3. The molecule has 0 N–H and O–H groups in total. The third-order valence-corrected chi connectivity index (χ3v) is 3.99. The Balaban J connectivity index is 2.86. The lowest BCUT2D eigenvalue weighted by Crippen LogP contribution is -1.95. The van der Waals surface area contributed by atoms with Crippen LogP contribution in [0.25, 0.3) is 10.8 Å². The van der Waals surface area contributed by atoms with E-state index in [4.69, 9.17) is 20.2 Å². The second kappa shape index (κ2) is 4.66. The standard InChI is InChI=1S/C12H11ClO4S/c1-16-10-6-8-4-3-5-12(18(13,14)15)9(8)7-11(10)17-2/h3-7H,1-2H3. The van der Waals surface area contributed by atoms with Gasteiger partial charge in [0.25, 0.3) is 9.05 Å². The first kappa shape index (κ1) is 13.0. The van der Waals surface area contributed by atoms with Crippen LogP contribution in [0.4, 0.5) is 0 Å². The Morgan fingerprint density at radius 1 is 1.06 bits per heavy atom. The fourth-order valence-corrected chi connectivity index (χ4v) is 2.87. The van der Waals surface area contributed by atoms with E-state index in [-0.39, 0.29) is 4.90 Å². The molecule has 0 radical (unpaired) electrons. The van der Waals surface area contributed by atoms with Gasteiger partial charge >= 0.3 is 0 Å². The number of halogens is 1. The normalized spacial score (nSPS) is 11.5. The molecule has 0 saturated heterocycles. The molecule has 0 saturated carbocycles. The third kappa shape index (κ3) is 2.23. The molecule has 0 aromatic heterocycles. The maximum atomic E-state index is 11.5. The highest BCUT2D eigenvalue weighted by Gasteiger charge is 2.16. The van der Waals surface area contributed by atoms with Crippen molar-refractivity contribution in [2.24, 2.45) is 0 Å². The van der Waals surface area contributed by atoms with Crippen LogP contribution >= 0.6 is 10.7 Å². The topological polar surface area (TPSA) is 52.6 Å². The van der Waals surface area contributed by atoms with Crippen LogP contribution in [-0.2, 0) is 9.05 Å². The van der Waals surface area contributed by atoms with Crippen molar-refractivity contribution in [2.45, 2.75) is 4.90 Å². The quantitative estimate of drug-likeness (QED) is 0.814. The Hall–Kier alpha value is -1.46. The summed E-state index contributed by atoms with van der Waals surface area (Å²) in [5.74, 6) is 0.992. The molecule has 4 nitrogen and oxygen atoms in total. The van der Waals surface area contributed by atoms with E-state index in [9.17, 15) is 8.42 Å². The summed E-state index contributed by atoms with van der Waals surface area (Å²) in [6.07, 6.45) is 0. The van der Waals surface area contributed by atoms with Gasteiger partial charge in [-0.3, -0.25) is 0 Å². The zero-order valence-corrected chi connectivity index (χ0v) is 11.4. The van der Waals surface area contributed by atoms with E-state index in [1.54, 1.807) is 24.3 Å². The Morgan fingerprint density at radius 3 is 2.22 bits per heavy atom. The molecule has 2 aromatic rings. The Morgan fingerprint density at radius 2 is 1.67 bits per heavy atom. The molecular formula is C12H11ClO4S. The van der Waals surface area contributed by atoms with Gasteiger partial charge in [-0.25, -0.2) is 8.42 Å². The van der Waals surface area contributed by atoms with Crippen LogP contribution < -0.4 is 9.47 Å². The Kier molecular flexibility index (Phi) is 3.36. The molecule has 18 heavy (non-hydrogen) atoms. The summed E-state index contributed by atoms with van der Waals surface area (Å²) in [6.45, 7) is 0. The highest BCUT2D eigenvalue weighted by molar-refractivity contribution is 8.14. The number of methoxy groups -OCH3 is 2. The van der Waals surface area contributed by atoms with Crippen molar-refractivity contribution in [1.29, 1.82) is 0 Å². The van der Waals surface area contributed by atoms with Crippen molar-refractivity contribution in [2.75, 3.05) is 14.2 Å². The van der Waals surface area contributed by atoms with Gasteiger partial charge in [-0.2, -0.15) is 0 Å². The summed E-state index contributed by atoms with van der Waals surface area (Å²) < 4.78 is 33.3. The van der Waals surface area contributed by atoms with E-state index in [0.29, 0.717) is 16.9 Å². The van der Waals surface area contributed by atoms with Crippen LogP contribution in [0, 0.1) is 0 Å². The largest absolute Gasteiger partial charge is 0.493 e. The lowest BCUT2D eigenvalue weighted by atomic mass is 10.1. The molecule has 2 aromatic carbocycles.